The number of hydrogen-bond acceptors (Lipinski definition) is 2. The van der Waals surface area contributed by atoms with Crippen LogP contribution in [-0.2, 0) is 0 Å². The quantitative estimate of drug-likeness (QED) is 0.498. The summed E-state index contributed by atoms with van der Waals surface area (Å²) in [5.41, 5.74) is 0.921. The van der Waals surface area contributed by atoms with Crippen LogP contribution >= 0.6 is 22.6 Å². The van der Waals surface area contributed by atoms with Crippen LogP contribution in [0.15, 0.2) is 24.4 Å². The van der Waals surface area contributed by atoms with Gasteiger partial charge < -0.3 is 4.98 Å². The van der Waals surface area contributed by atoms with Gasteiger partial charge in [-0.3, -0.25) is 10.1 Å². The molecule has 0 bridgehead atoms. The van der Waals surface area contributed by atoms with Crippen LogP contribution < -0.4 is 0 Å². The van der Waals surface area contributed by atoms with Gasteiger partial charge in [-0.2, -0.15) is 0 Å². The van der Waals surface area contributed by atoms with E-state index < -0.39 is 4.92 Å². The summed E-state index contributed by atoms with van der Waals surface area (Å²) in [6.45, 7) is 0. The van der Waals surface area contributed by atoms with Gasteiger partial charge in [0.1, 0.15) is 0 Å². The number of H-pyrrole nitrogens is 1. The summed E-state index contributed by atoms with van der Waals surface area (Å²) >= 11 is 2.18. The van der Waals surface area contributed by atoms with Gasteiger partial charge in [0, 0.05) is 27.3 Å². The molecule has 0 radical (unpaired) electrons. The molecule has 66 valence electrons. The van der Waals surface area contributed by atoms with Crippen molar-refractivity contribution in [2.24, 2.45) is 0 Å². The minimum atomic E-state index is -0.396. The van der Waals surface area contributed by atoms with Gasteiger partial charge in [-0.05, 0) is 28.7 Å². The van der Waals surface area contributed by atoms with E-state index in [0.717, 1.165) is 14.5 Å². The molecule has 1 aromatic heterocycles. The number of hydrogen-bond donors (Lipinski definition) is 1. The third kappa shape index (κ3) is 1.39. The number of halogens is 1. The maximum atomic E-state index is 10.4. The molecule has 2 rings (SSSR count). The Balaban J connectivity index is 2.70. The molecule has 0 aliphatic rings. The van der Waals surface area contributed by atoms with Crippen molar-refractivity contribution in [3.05, 3.63) is 38.1 Å². The smallest absolute Gasteiger partial charge is 0.271 e. The molecule has 4 nitrogen and oxygen atoms in total. The molecular formula is C8H5IN2O2. The Bertz CT molecular complexity index is 478. The number of nitro groups is 1. The number of fused-ring (bicyclic) bond motifs is 1. The van der Waals surface area contributed by atoms with Gasteiger partial charge in [0.05, 0.1) is 10.4 Å². The highest BCUT2D eigenvalue weighted by atomic mass is 127. The number of non-ortho nitro benzene ring substituents is 1. The number of nitrogens with zero attached hydrogens (tertiary/aromatic N) is 1. The van der Waals surface area contributed by atoms with Gasteiger partial charge in [0.15, 0.2) is 0 Å². The van der Waals surface area contributed by atoms with E-state index in [4.69, 9.17) is 0 Å². The largest absolute Gasteiger partial charge is 0.360 e. The van der Waals surface area contributed by atoms with Crippen LogP contribution in [0.3, 0.4) is 0 Å². The standard InChI is InChI=1S/C8H5IN2O2/c9-7-4-10-8-3-5(11(12)13)1-2-6(7)8/h1-4,10H. The zero-order valence-corrected chi connectivity index (χ0v) is 8.61. The topological polar surface area (TPSA) is 58.9 Å². The number of nitro benzene ring substituents is 1. The second kappa shape index (κ2) is 2.99. The highest BCUT2D eigenvalue weighted by molar-refractivity contribution is 14.1. The lowest BCUT2D eigenvalue weighted by atomic mass is 10.2. The van der Waals surface area contributed by atoms with Crippen LogP contribution in [0.2, 0.25) is 0 Å². The van der Waals surface area contributed by atoms with Crippen LogP contribution in [0.5, 0.6) is 0 Å². The zero-order chi connectivity index (χ0) is 9.42. The van der Waals surface area contributed by atoms with E-state index in [0.29, 0.717) is 0 Å². The van der Waals surface area contributed by atoms with Crippen LogP contribution in [0.25, 0.3) is 10.9 Å². The number of benzene rings is 1. The highest BCUT2D eigenvalue weighted by Crippen LogP contribution is 2.23. The molecule has 0 spiro atoms. The zero-order valence-electron chi connectivity index (χ0n) is 6.45. The average Bonchev–Trinajstić information content (AvgIpc) is 2.47. The summed E-state index contributed by atoms with van der Waals surface area (Å²) in [6.07, 6.45) is 1.83. The normalized spacial score (nSPS) is 10.5. The molecule has 0 aliphatic carbocycles. The summed E-state index contributed by atoms with van der Waals surface area (Å²) in [5, 5.41) is 11.5. The van der Waals surface area contributed by atoms with E-state index in [1.165, 1.54) is 12.1 Å². The van der Waals surface area contributed by atoms with Crippen LogP contribution in [0.4, 0.5) is 5.69 Å². The molecule has 1 aromatic carbocycles. The Morgan fingerprint density at radius 1 is 1.46 bits per heavy atom. The van der Waals surface area contributed by atoms with Crippen molar-refractivity contribution in [1.29, 1.82) is 0 Å². The van der Waals surface area contributed by atoms with Gasteiger partial charge >= 0.3 is 0 Å². The van der Waals surface area contributed by atoms with E-state index in [2.05, 4.69) is 27.6 Å². The number of rotatable bonds is 1. The summed E-state index contributed by atoms with van der Waals surface area (Å²) in [4.78, 5) is 13.0. The van der Waals surface area contributed by atoms with E-state index in [1.807, 2.05) is 6.20 Å². The van der Waals surface area contributed by atoms with Crippen molar-refractivity contribution >= 4 is 39.2 Å². The molecule has 0 unspecified atom stereocenters. The monoisotopic (exact) mass is 288 g/mol. The molecule has 0 fully saturated rings. The molecule has 0 aliphatic heterocycles. The molecule has 0 atom stereocenters. The fraction of sp³-hybridized carbons (Fsp3) is 0. The Kier molecular flexibility index (Phi) is 1.95. The summed E-state index contributed by atoms with van der Waals surface area (Å²) in [6, 6.07) is 4.81. The maximum Gasteiger partial charge on any atom is 0.271 e. The SMILES string of the molecule is O=[N+]([O-])c1ccc2c(I)c[nH]c2c1. The third-order valence-electron chi connectivity index (χ3n) is 1.83. The summed E-state index contributed by atoms with van der Waals surface area (Å²) < 4.78 is 1.07. The van der Waals surface area contributed by atoms with Crippen molar-refractivity contribution in [3.63, 3.8) is 0 Å². The van der Waals surface area contributed by atoms with Gasteiger partial charge in [-0.1, -0.05) is 0 Å². The molecule has 0 amide bonds. The summed E-state index contributed by atoms with van der Waals surface area (Å²) in [7, 11) is 0. The van der Waals surface area contributed by atoms with Gasteiger partial charge in [-0.25, -0.2) is 0 Å². The van der Waals surface area contributed by atoms with Crippen molar-refractivity contribution in [2.75, 3.05) is 0 Å². The number of nitrogens with one attached hydrogen (secondary N) is 1. The second-order valence-corrected chi connectivity index (χ2v) is 3.79. The highest BCUT2D eigenvalue weighted by Gasteiger charge is 2.07. The maximum absolute atomic E-state index is 10.4. The Morgan fingerprint density at radius 2 is 2.23 bits per heavy atom. The van der Waals surface area contributed by atoms with Crippen molar-refractivity contribution in [2.45, 2.75) is 0 Å². The van der Waals surface area contributed by atoms with Crippen molar-refractivity contribution in [1.82, 2.24) is 4.98 Å². The van der Waals surface area contributed by atoms with Gasteiger partial charge in [0.25, 0.3) is 5.69 Å². The number of aromatic amines is 1. The minimum absolute atomic E-state index is 0.116. The van der Waals surface area contributed by atoms with Crippen molar-refractivity contribution in [3.8, 4) is 0 Å². The molecule has 1 N–H and O–H groups in total. The fourth-order valence-corrected chi connectivity index (χ4v) is 1.82. The van der Waals surface area contributed by atoms with E-state index >= 15 is 0 Å². The first-order chi connectivity index (χ1) is 6.18. The van der Waals surface area contributed by atoms with E-state index in [-0.39, 0.29) is 5.69 Å². The Morgan fingerprint density at radius 3 is 2.92 bits per heavy atom. The lowest BCUT2D eigenvalue weighted by Gasteiger charge is -1.91. The molecule has 0 saturated carbocycles. The predicted octanol–water partition coefficient (Wildman–Crippen LogP) is 2.68. The number of aromatic nitrogens is 1. The lowest BCUT2D eigenvalue weighted by molar-refractivity contribution is -0.384. The van der Waals surface area contributed by atoms with E-state index in [9.17, 15) is 10.1 Å². The molecular weight excluding hydrogens is 283 g/mol. The lowest BCUT2D eigenvalue weighted by Crippen LogP contribution is -1.86. The molecule has 5 heteroatoms. The van der Waals surface area contributed by atoms with Crippen LogP contribution in [-0.4, -0.2) is 9.91 Å². The van der Waals surface area contributed by atoms with Crippen molar-refractivity contribution < 1.29 is 4.92 Å². The van der Waals surface area contributed by atoms with E-state index in [1.54, 1.807) is 6.07 Å². The Hall–Kier alpha value is -1.11. The minimum Gasteiger partial charge on any atom is -0.360 e. The average molecular weight is 288 g/mol. The van der Waals surface area contributed by atoms with Crippen LogP contribution in [0, 0.1) is 13.7 Å². The van der Waals surface area contributed by atoms with Gasteiger partial charge in [0.2, 0.25) is 0 Å². The molecule has 13 heavy (non-hydrogen) atoms. The second-order valence-electron chi connectivity index (χ2n) is 2.62. The third-order valence-corrected chi connectivity index (χ3v) is 2.72. The van der Waals surface area contributed by atoms with Gasteiger partial charge in [-0.15, -0.1) is 0 Å². The first-order valence-corrected chi connectivity index (χ1v) is 4.67. The molecule has 1 heterocycles. The summed E-state index contributed by atoms with van der Waals surface area (Å²) in [5.74, 6) is 0. The first-order valence-electron chi connectivity index (χ1n) is 3.59. The fourth-order valence-electron chi connectivity index (χ4n) is 1.19. The van der Waals surface area contributed by atoms with Crippen LogP contribution in [0.1, 0.15) is 0 Å². The molecule has 0 saturated heterocycles. The molecule has 2 aromatic rings. The predicted molar refractivity (Wildman–Crippen MR) is 57.7 cm³/mol. The first kappa shape index (κ1) is 8.49. The Labute approximate surface area is 87.2 Å².